The zero-order valence-electron chi connectivity index (χ0n) is 15.7. The van der Waals surface area contributed by atoms with E-state index in [2.05, 4.69) is 16.0 Å². The van der Waals surface area contributed by atoms with Gasteiger partial charge in [-0.1, -0.05) is 13.8 Å². The van der Waals surface area contributed by atoms with Crippen molar-refractivity contribution in [2.75, 3.05) is 13.1 Å². The highest BCUT2D eigenvalue weighted by Crippen LogP contribution is 2.09. The second-order valence-corrected chi connectivity index (χ2v) is 7.23. The third-order valence-corrected chi connectivity index (χ3v) is 3.36. The van der Waals surface area contributed by atoms with E-state index in [1.54, 1.807) is 20.8 Å². The quantitative estimate of drug-likeness (QED) is 0.368. The lowest BCUT2D eigenvalue weighted by atomic mass is 10.0. The molecule has 0 aliphatic rings. The number of nitrogens with two attached hydrogens (primary N) is 1. The Hall–Kier alpha value is -2.03. The average Bonchev–Trinajstić information content (AvgIpc) is 2.41. The van der Waals surface area contributed by atoms with Crippen LogP contribution in [0.1, 0.15) is 47.5 Å². The van der Waals surface area contributed by atoms with E-state index in [0.717, 1.165) is 0 Å². The molecule has 6 N–H and O–H groups in total. The van der Waals surface area contributed by atoms with Gasteiger partial charge in [0.15, 0.2) is 0 Å². The highest BCUT2D eigenvalue weighted by molar-refractivity contribution is 5.73. The van der Waals surface area contributed by atoms with Crippen LogP contribution in [-0.2, 0) is 9.53 Å². The van der Waals surface area contributed by atoms with Crippen molar-refractivity contribution in [1.82, 2.24) is 16.0 Å². The summed E-state index contributed by atoms with van der Waals surface area (Å²) in [6, 6.07) is -1.70. The van der Waals surface area contributed by atoms with E-state index in [0.29, 0.717) is 19.4 Å². The van der Waals surface area contributed by atoms with E-state index in [4.69, 9.17) is 10.5 Å². The zero-order valence-corrected chi connectivity index (χ0v) is 15.7. The Balaban J connectivity index is 4.50. The molecule has 0 bridgehead atoms. The Bertz CT molecular complexity index is 448. The highest BCUT2D eigenvalue weighted by atomic mass is 16.6. The second-order valence-electron chi connectivity index (χ2n) is 7.23. The van der Waals surface area contributed by atoms with Crippen LogP contribution < -0.4 is 21.7 Å². The van der Waals surface area contributed by atoms with Crippen molar-refractivity contribution in [2.45, 2.75) is 65.1 Å². The molecule has 0 unspecified atom stereocenters. The van der Waals surface area contributed by atoms with Crippen LogP contribution in [0.4, 0.5) is 9.59 Å². The third-order valence-electron chi connectivity index (χ3n) is 3.36. The van der Waals surface area contributed by atoms with E-state index in [-0.39, 0.29) is 18.5 Å². The predicted octanol–water partition coefficient (Wildman–Crippen LogP) is 1.03. The first-order valence-electron chi connectivity index (χ1n) is 8.41. The van der Waals surface area contributed by atoms with Gasteiger partial charge in [0, 0.05) is 19.1 Å². The summed E-state index contributed by atoms with van der Waals surface area (Å²) in [6.45, 7) is 9.77. The minimum Gasteiger partial charge on any atom is -0.480 e. The fourth-order valence-corrected chi connectivity index (χ4v) is 2.01. The molecule has 0 spiro atoms. The van der Waals surface area contributed by atoms with Crippen LogP contribution in [0.25, 0.3) is 0 Å². The largest absolute Gasteiger partial charge is 0.480 e. The van der Waals surface area contributed by atoms with Crippen LogP contribution in [0.3, 0.4) is 0 Å². The van der Waals surface area contributed by atoms with Crippen LogP contribution in [0.5, 0.6) is 0 Å². The number of rotatable bonds is 10. The molecule has 9 nitrogen and oxygen atoms in total. The molecule has 0 aromatic heterocycles. The van der Waals surface area contributed by atoms with Crippen molar-refractivity contribution in [3.63, 3.8) is 0 Å². The van der Waals surface area contributed by atoms with Crippen LogP contribution in [-0.4, -0.2) is 54.0 Å². The molecule has 0 aromatic rings. The second kappa shape index (κ2) is 10.8. The van der Waals surface area contributed by atoms with Crippen molar-refractivity contribution < 1.29 is 24.2 Å². The summed E-state index contributed by atoms with van der Waals surface area (Å²) < 4.78 is 5.23. The minimum absolute atomic E-state index is 0.0889. The summed E-state index contributed by atoms with van der Waals surface area (Å²) in [7, 11) is 0. The van der Waals surface area contributed by atoms with Crippen LogP contribution in [0, 0.1) is 5.92 Å². The number of aliphatic carboxylic acids is 1. The van der Waals surface area contributed by atoms with Gasteiger partial charge in [-0.2, -0.15) is 0 Å². The summed E-state index contributed by atoms with van der Waals surface area (Å²) in [5.74, 6) is -0.898. The topological polar surface area (TPSA) is 143 Å². The van der Waals surface area contributed by atoms with Crippen molar-refractivity contribution in [3.8, 4) is 0 Å². The maximum Gasteiger partial charge on any atom is 0.407 e. The molecule has 0 aliphatic carbocycles. The number of nitrogens with one attached hydrogen (secondary N) is 3. The fourth-order valence-electron chi connectivity index (χ4n) is 2.01. The molecule has 3 amide bonds. The molecule has 0 rings (SSSR count). The molecule has 0 radical (unpaired) electrons. The molecular formula is C16H32N4O5. The fraction of sp³-hybridized carbons (Fsp3) is 0.812. The molecule has 0 fully saturated rings. The van der Waals surface area contributed by atoms with E-state index in [1.165, 1.54) is 0 Å². The number of primary amides is 1. The molecule has 0 aromatic carbocycles. The number of hydrogen-bond acceptors (Lipinski definition) is 5. The molecule has 0 saturated carbocycles. The number of amides is 3. The monoisotopic (exact) mass is 360 g/mol. The maximum atomic E-state index is 11.9. The predicted molar refractivity (Wildman–Crippen MR) is 94.2 cm³/mol. The van der Waals surface area contributed by atoms with Gasteiger partial charge in [0.25, 0.3) is 0 Å². The van der Waals surface area contributed by atoms with Crippen molar-refractivity contribution >= 4 is 18.1 Å². The Morgan fingerprint density at radius 1 is 1.20 bits per heavy atom. The number of carbonyl (C=O) groups excluding carboxylic acids is 2. The Labute approximate surface area is 149 Å². The summed E-state index contributed by atoms with van der Waals surface area (Å²) in [5, 5.41) is 17.4. The minimum atomic E-state index is -0.987. The summed E-state index contributed by atoms with van der Waals surface area (Å²) >= 11 is 0. The smallest absolute Gasteiger partial charge is 0.407 e. The van der Waals surface area contributed by atoms with Gasteiger partial charge in [-0.15, -0.1) is 0 Å². The third kappa shape index (κ3) is 12.0. The Morgan fingerprint density at radius 2 is 1.80 bits per heavy atom. The molecule has 0 heterocycles. The maximum absolute atomic E-state index is 11.9. The molecule has 25 heavy (non-hydrogen) atoms. The lowest BCUT2D eigenvalue weighted by Gasteiger charge is -2.27. The number of urea groups is 1. The lowest BCUT2D eigenvalue weighted by molar-refractivity contribution is -0.139. The van der Waals surface area contributed by atoms with Crippen molar-refractivity contribution in [1.29, 1.82) is 0 Å². The normalized spacial score (nSPS) is 13.8. The van der Waals surface area contributed by atoms with Gasteiger partial charge < -0.3 is 31.5 Å². The van der Waals surface area contributed by atoms with Crippen molar-refractivity contribution in [2.24, 2.45) is 11.7 Å². The number of carboxylic acids is 1. The molecule has 0 aliphatic heterocycles. The molecule has 146 valence electrons. The summed E-state index contributed by atoms with van der Waals surface area (Å²) in [4.78, 5) is 33.8. The van der Waals surface area contributed by atoms with Crippen LogP contribution in [0.15, 0.2) is 0 Å². The molecule has 0 saturated heterocycles. The number of carbonyl (C=O) groups is 3. The van der Waals surface area contributed by atoms with E-state index in [1.807, 2.05) is 13.8 Å². The van der Waals surface area contributed by atoms with Crippen molar-refractivity contribution in [3.05, 3.63) is 0 Å². The van der Waals surface area contributed by atoms with Gasteiger partial charge in [0.05, 0.1) is 0 Å². The summed E-state index contributed by atoms with van der Waals surface area (Å²) in [6.07, 6.45) is 0.261. The number of hydrogen-bond donors (Lipinski definition) is 5. The standard InChI is InChI=1S/C16H32N4O5/c1-10(2)12(20-15(24)25-16(3,4)5)9-19-11(13(21)22)7-6-8-18-14(17)23/h10-12,19H,6-9H2,1-5H3,(H,20,24)(H,21,22)(H3,17,18,23)/t11-,12+/m0/s1. The highest BCUT2D eigenvalue weighted by Gasteiger charge is 2.24. The number of alkyl carbamates (subject to hydrolysis) is 1. The van der Waals surface area contributed by atoms with E-state index >= 15 is 0 Å². The van der Waals surface area contributed by atoms with Gasteiger partial charge >= 0.3 is 18.1 Å². The average molecular weight is 360 g/mol. The van der Waals surface area contributed by atoms with Gasteiger partial charge in [-0.05, 0) is 39.5 Å². The molecular weight excluding hydrogens is 328 g/mol. The first-order chi connectivity index (χ1) is 11.4. The SMILES string of the molecule is CC(C)[C@@H](CN[C@@H](CCCNC(N)=O)C(=O)O)NC(=O)OC(C)(C)C. The van der Waals surface area contributed by atoms with Gasteiger partial charge in [0.2, 0.25) is 0 Å². The van der Waals surface area contributed by atoms with Gasteiger partial charge in [0.1, 0.15) is 11.6 Å². The van der Waals surface area contributed by atoms with E-state index in [9.17, 15) is 19.5 Å². The zero-order chi connectivity index (χ0) is 19.6. The first kappa shape index (κ1) is 23.0. The van der Waals surface area contributed by atoms with E-state index < -0.39 is 29.7 Å². The van der Waals surface area contributed by atoms with Crippen LogP contribution >= 0.6 is 0 Å². The molecule has 9 heteroatoms. The summed E-state index contributed by atoms with van der Waals surface area (Å²) in [5.41, 5.74) is 4.36. The number of carboxylic acid groups (broad SMARTS) is 1. The van der Waals surface area contributed by atoms with Crippen LogP contribution in [0.2, 0.25) is 0 Å². The molecule has 2 atom stereocenters. The number of ether oxygens (including phenoxy) is 1. The Morgan fingerprint density at radius 3 is 2.24 bits per heavy atom. The van der Waals surface area contributed by atoms with Gasteiger partial charge in [-0.3, -0.25) is 4.79 Å². The van der Waals surface area contributed by atoms with Gasteiger partial charge in [-0.25, -0.2) is 9.59 Å². The lowest BCUT2D eigenvalue weighted by Crippen LogP contribution is -2.50. The Kier molecular flexibility index (Phi) is 9.88. The first-order valence-corrected chi connectivity index (χ1v) is 8.41.